The highest BCUT2D eigenvalue weighted by Crippen LogP contribution is 2.23. The number of halogens is 1. The van der Waals surface area contributed by atoms with Crippen LogP contribution in [0, 0.1) is 5.82 Å². The van der Waals surface area contributed by atoms with E-state index in [0.717, 1.165) is 11.1 Å². The molecule has 0 spiro atoms. The first-order valence-corrected chi connectivity index (χ1v) is 8.72. The molecule has 1 fully saturated rings. The van der Waals surface area contributed by atoms with Crippen LogP contribution in [0.25, 0.3) is 0 Å². The van der Waals surface area contributed by atoms with Crippen LogP contribution in [-0.4, -0.2) is 30.2 Å². The van der Waals surface area contributed by atoms with Crippen LogP contribution >= 0.6 is 11.8 Å². The van der Waals surface area contributed by atoms with Crippen molar-refractivity contribution in [3.63, 3.8) is 0 Å². The van der Waals surface area contributed by atoms with Crippen molar-refractivity contribution < 1.29 is 18.7 Å². The van der Waals surface area contributed by atoms with Gasteiger partial charge in [-0.1, -0.05) is 23.9 Å². The highest BCUT2D eigenvalue weighted by atomic mass is 32.2. The number of nitrogens with one attached hydrogen (secondary N) is 1. The second-order valence-electron chi connectivity index (χ2n) is 5.28. The van der Waals surface area contributed by atoms with Gasteiger partial charge in [-0.05, 0) is 35.9 Å². The summed E-state index contributed by atoms with van der Waals surface area (Å²) in [4.78, 5) is 11.1. The number of carbonyl (C=O) groups is 1. The Balaban J connectivity index is 1.72. The van der Waals surface area contributed by atoms with Crippen LogP contribution in [0.5, 0.6) is 11.5 Å². The van der Waals surface area contributed by atoms with Gasteiger partial charge in [-0.3, -0.25) is 4.79 Å². The molecule has 1 saturated heterocycles. The first-order chi connectivity index (χ1) is 12.7. The average molecular weight is 373 g/mol. The van der Waals surface area contributed by atoms with Crippen molar-refractivity contribution in [3.8, 4) is 11.5 Å². The minimum atomic E-state index is -0.420. The second kappa shape index (κ2) is 8.48. The summed E-state index contributed by atoms with van der Waals surface area (Å²) in [6, 6.07) is 11.6. The van der Waals surface area contributed by atoms with Crippen LogP contribution in [-0.2, 0) is 11.4 Å². The quantitative estimate of drug-likeness (QED) is 0.624. The fraction of sp³-hybridized carbons (Fsp3) is 0.167. The van der Waals surface area contributed by atoms with Crippen molar-refractivity contribution in [1.82, 2.24) is 5.32 Å². The van der Waals surface area contributed by atoms with Gasteiger partial charge in [0.2, 0.25) is 5.91 Å². The van der Waals surface area contributed by atoms with Gasteiger partial charge in [0.25, 0.3) is 0 Å². The molecule has 1 aliphatic rings. The van der Waals surface area contributed by atoms with E-state index in [2.05, 4.69) is 15.5 Å². The maximum absolute atomic E-state index is 13.7. The van der Waals surface area contributed by atoms with E-state index in [4.69, 9.17) is 9.47 Å². The first kappa shape index (κ1) is 17.9. The minimum Gasteiger partial charge on any atom is -0.496 e. The van der Waals surface area contributed by atoms with Gasteiger partial charge in [0, 0.05) is 5.56 Å². The number of amidine groups is 1. The molecule has 6 nitrogen and oxygen atoms in total. The second-order valence-corrected chi connectivity index (χ2v) is 6.24. The molecule has 0 unspecified atom stereocenters. The van der Waals surface area contributed by atoms with E-state index >= 15 is 0 Å². The summed E-state index contributed by atoms with van der Waals surface area (Å²) >= 11 is 1.30. The van der Waals surface area contributed by atoms with Crippen molar-refractivity contribution in [2.24, 2.45) is 10.2 Å². The smallest absolute Gasteiger partial charge is 0.236 e. The van der Waals surface area contributed by atoms with Gasteiger partial charge in [0.15, 0.2) is 16.7 Å². The highest BCUT2D eigenvalue weighted by molar-refractivity contribution is 8.15. The Morgan fingerprint density at radius 1 is 1.27 bits per heavy atom. The van der Waals surface area contributed by atoms with Gasteiger partial charge in [-0.15, -0.1) is 5.10 Å². The zero-order chi connectivity index (χ0) is 18.4. The van der Waals surface area contributed by atoms with Gasteiger partial charge in [0.05, 0.1) is 19.1 Å². The highest BCUT2D eigenvalue weighted by Gasteiger charge is 2.16. The number of ether oxygens (including phenoxy) is 2. The lowest BCUT2D eigenvalue weighted by molar-refractivity contribution is -0.116. The molecule has 1 aliphatic heterocycles. The molecule has 8 heteroatoms. The van der Waals surface area contributed by atoms with Crippen molar-refractivity contribution in [1.29, 1.82) is 0 Å². The third-order valence-electron chi connectivity index (χ3n) is 3.47. The molecule has 0 saturated carbocycles. The van der Waals surface area contributed by atoms with Gasteiger partial charge in [-0.25, -0.2) is 4.39 Å². The number of para-hydroxylation sites is 1. The molecular formula is C18H16FN3O3S. The molecule has 0 atom stereocenters. The van der Waals surface area contributed by atoms with Crippen molar-refractivity contribution >= 4 is 29.1 Å². The third-order valence-corrected chi connectivity index (χ3v) is 4.33. The Morgan fingerprint density at radius 2 is 2.12 bits per heavy atom. The van der Waals surface area contributed by atoms with Crippen molar-refractivity contribution in [2.75, 3.05) is 12.9 Å². The van der Waals surface area contributed by atoms with Crippen molar-refractivity contribution in [2.45, 2.75) is 6.61 Å². The summed E-state index contributed by atoms with van der Waals surface area (Å²) in [5.74, 6) is 0.656. The maximum atomic E-state index is 13.7. The monoisotopic (exact) mass is 373 g/mol. The predicted octanol–water partition coefficient (Wildman–Crippen LogP) is 2.97. The molecule has 0 aromatic heterocycles. The zero-order valence-electron chi connectivity index (χ0n) is 13.9. The van der Waals surface area contributed by atoms with Crippen molar-refractivity contribution in [3.05, 3.63) is 59.4 Å². The number of hydrogen-bond donors (Lipinski definition) is 1. The molecule has 1 amide bonds. The molecular weight excluding hydrogens is 357 g/mol. The Morgan fingerprint density at radius 3 is 2.85 bits per heavy atom. The molecule has 0 bridgehead atoms. The molecule has 1 heterocycles. The van der Waals surface area contributed by atoms with E-state index in [1.807, 2.05) is 12.1 Å². The molecule has 26 heavy (non-hydrogen) atoms. The Kier molecular flexibility index (Phi) is 5.85. The Hall–Kier alpha value is -2.87. The Labute approximate surface area is 154 Å². The van der Waals surface area contributed by atoms with Gasteiger partial charge in [0.1, 0.15) is 12.4 Å². The van der Waals surface area contributed by atoms with Crippen LogP contribution in [0.3, 0.4) is 0 Å². The number of carbonyl (C=O) groups excluding carboxylic acids is 1. The molecule has 2 aromatic rings. The van der Waals surface area contributed by atoms with E-state index < -0.39 is 5.82 Å². The fourth-order valence-corrected chi connectivity index (χ4v) is 2.87. The lowest BCUT2D eigenvalue weighted by Crippen LogP contribution is -2.19. The van der Waals surface area contributed by atoms with Gasteiger partial charge in [-0.2, -0.15) is 5.10 Å². The van der Waals surface area contributed by atoms with E-state index in [0.29, 0.717) is 16.7 Å². The molecule has 0 aliphatic carbocycles. The molecule has 134 valence electrons. The van der Waals surface area contributed by atoms with E-state index in [1.54, 1.807) is 37.6 Å². The molecule has 2 aromatic carbocycles. The van der Waals surface area contributed by atoms with Gasteiger partial charge < -0.3 is 14.8 Å². The largest absolute Gasteiger partial charge is 0.496 e. The minimum absolute atomic E-state index is 0.0824. The van der Waals surface area contributed by atoms with Crippen LogP contribution < -0.4 is 14.8 Å². The number of amides is 1. The van der Waals surface area contributed by atoms with Crippen LogP contribution in [0.1, 0.15) is 11.1 Å². The summed E-state index contributed by atoms with van der Waals surface area (Å²) in [5, 5.41) is 11.0. The van der Waals surface area contributed by atoms with Gasteiger partial charge >= 0.3 is 0 Å². The number of nitrogens with zero attached hydrogens (tertiary/aromatic N) is 2. The Bertz CT molecular complexity index is 871. The fourth-order valence-electron chi connectivity index (χ4n) is 2.24. The number of rotatable bonds is 6. The van der Waals surface area contributed by atoms with E-state index in [1.165, 1.54) is 17.8 Å². The third kappa shape index (κ3) is 4.60. The average Bonchev–Trinajstić information content (AvgIpc) is 3.06. The van der Waals surface area contributed by atoms with E-state index in [-0.39, 0.29) is 18.3 Å². The predicted molar refractivity (Wildman–Crippen MR) is 99.4 cm³/mol. The topological polar surface area (TPSA) is 72.3 Å². The summed E-state index contributed by atoms with van der Waals surface area (Å²) < 4.78 is 24.5. The SMILES string of the molecule is COc1ccc(C=NN=C2NC(=O)CS2)cc1COc1ccccc1F. The summed E-state index contributed by atoms with van der Waals surface area (Å²) in [6.07, 6.45) is 1.56. The normalized spacial score (nSPS) is 15.5. The number of hydrogen-bond acceptors (Lipinski definition) is 6. The number of thioether (sulfide) groups is 1. The van der Waals surface area contributed by atoms with E-state index in [9.17, 15) is 9.18 Å². The number of benzene rings is 2. The zero-order valence-corrected chi connectivity index (χ0v) is 14.8. The van der Waals surface area contributed by atoms with Crippen LogP contribution in [0.4, 0.5) is 4.39 Å². The first-order valence-electron chi connectivity index (χ1n) is 7.73. The summed E-state index contributed by atoms with van der Waals surface area (Å²) in [7, 11) is 1.56. The summed E-state index contributed by atoms with van der Waals surface area (Å²) in [6.45, 7) is 0.145. The number of methoxy groups -OCH3 is 1. The lowest BCUT2D eigenvalue weighted by Gasteiger charge is -2.11. The van der Waals surface area contributed by atoms with Crippen LogP contribution in [0.15, 0.2) is 52.7 Å². The standard InChI is InChI=1S/C18H16FN3O3S/c1-24-15-7-6-12(9-20-22-18-21-17(23)11-26-18)8-13(15)10-25-16-5-3-2-4-14(16)19/h2-9H,10-11H2,1H3,(H,21,22,23). The molecule has 1 N–H and O–H groups in total. The lowest BCUT2D eigenvalue weighted by atomic mass is 10.1. The maximum Gasteiger partial charge on any atom is 0.236 e. The molecule has 0 radical (unpaired) electrons. The summed E-state index contributed by atoms with van der Waals surface area (Å²) in [5.41, 5.74) is 1.52. The van der Waals surface area contributed by atoms with Crippen LogP contribution in [0.2, 0.25) is 0 Å². The molecule has 3 rings (SSSR count).